The molecule has 0 bridgehead atoms. The van der Waals surface area contributed by atoms with Crippen LogP contribution in [0.5, 0.6) is 0 Å². The first-order valence-corrected chi connectivity index (χ1v) is 13.0. The van der Waals surface area contributed by atoms with Crippen LogP contribution in [0.1, 0.15) is 34.3 Å². The third-order valence-corrected chi connectivity index (χ3v) is 7.65. The molecule has 0 aliphatic carbocycles. The number of hydrogen-bond donors (Lipinski definition) is 1. The van der Waals surface area contributed by atoms with Crippen molar-refractivity contribution in [2.45, 2.75) is 30.5 Å². The lowest BCUT2D eigenvalue weighted by atomic mass is 10.1. The molecule has 6 nitrogen and oxygen atoms in total. The van der Waals surface area contributed by atoms with Crippen LogP contribution in [-0.2, 0) is 17.1 Å². The molecule has 34 heavy (non-hydrogen) atoms. The fourth-order valence-electron chi connectivity index (χ4n) is 3.45. The number of amides is 2. The van der Waals surface area contributed by atoms with Crippen molar-refractivity contribution < 1.29 is 14.0 Å². The Hall–Kier alpha value is -2.81. The Morgan fingerprint density at radius 3 is 2.65 bits per heavy atom. The van der Waals surface area contributed by atoms with Gasteiger partial charge >= 0.3 is 0 Å². The number of benzene rings is 2. The number of nitrogens with zero attached hydrogens (tertiary/aromatic N) is 2. The summed E-state index contributed by atoms with van der Waals surface area (Å²) in [6.07, 6.45) is 0. The molecule has 0 atom stereocenters. The van der Waals surface area contributed by atoms with Gasteiger partial charge in [0.1, 0.15) is 9.92 Å². The summed E-state index contributed by atoms with van der Waals surface area (Å²) >= 11 is 9.06. The fourth-order valence-corrected chi connectivity index (χ4v) is 5.45. The van der Waals surface area contributed by atoms with E-state index in [1.807, 2.05) is 55.6 Å². The van der Waals surface area contributed by atoms with E-state index in [1.54, 1.807) is 35.2 Å². The number of thiazole rings is 1. The molecule has 0 unspecified atom stereocenters. The molecule has 0 aliphatic rings. The summed E-state index contributed by atoms with van der Waals surface area (Å²) in [7, 11) is 0. The zero-order chi connectivity index (χ0) is 24.1. The average molecular weight is 514 g/mol. The maximum absolute atomic E-state index is 13.4. The predicted octanol–water partition coefficient (Wildman–Crippen LogP) is 5.92. The number of thioether (sulfide) groups is 1. The number of carbonyl (C=O) groups is 2. The predicted molar refractivity (Wildman–Crippen MR) is 138 cm³/mol. The Morgan fingerprint density at radius 2 is 1.94 bits per heavy atom. The molecule has 4 rings (SSSR count). The van der Waals surface area contributed by atoms with Crippen molar-refractivity contribution in [3.05, 3.63) is 81.5 Å². The third-order valence-electron chi connectivity index (χ3n) is 5.24. The van der Waals surface area contributed by atoms with E-state index >= 15 is 0 Å². The van der Waals surface area contributed by atoms with Gasteiger partial charge < -0.3 is 14.6 Å². The number of aromatic nitrogens is 1. The highest BCUT2D eigenvalue weighted by atomic mass is 35.5. The molecule has 2 aromatic carbocycles. The van der Waals surface area contributed by atoms with Gasteiger partial charge in [0.25, 0.3) is 5.91 Å². The topological polar surface area (TPSA) is 75.4 Å². The number of rotatable bonds is 9. The third kappa shape index (κ3) is 5.81. The second-order valence-corrected chi connectivity index (χ2v) is 10.2. The molecule has 176 valence electrons. The molecule has 4 aromatic rings. The summed E-state index contributed by atoms with van der Waals surface area (Å²) in [5.41, 5.74) is 3.38. The smallest absolute Gasteiger partial charge is 0.290 e. The maximum Gasteiger partial charge on any atom is 0.290 e. The van der Waals surface area contributed by atoms with Crippen molar-refractivity contribution >= 4 is 57.5 Å². The first-order valence-electron chi connectivity index (χ1n) is 10.8. The summed E-state index contributed by atoms with van der Waals surface area (Å²) in [6.45, 7) is 4.49. The molecular formula is C25H24ClN3O3S2. The minimum atomic E-state index is -0.300. The van der Waals surface area contributed by atoms with Gasteiger partial charge in [-0.05, 0) is 37.6 Å². The van der Waals surface area contributed by atoms with Gasteiger partial charge in [0, 0.05) is 45.9 Å². The highest BCUT2D eigenvalue weighted by Gasteiger charge is 2.26. The highest BCUT2D eigenvalue weighted by Crippen LogP contribution is 2.33. The van der Waals surface area contributed by atoms with Gasteiger partial charge in [-0.1, -0.05) is 53.7 Å². The molecule has 9 heteroatoms. The minimum Gasteiger partial charge on any atom is -0.451 e. The minimum absolute atomic E-state index is 0.0573. The number of likely N-dealkylation sites (N-methyl/N-ethyl adjacent to an activating group) is 1. The van der Waals surface area contributed by atoms with Gasteiger partial charge in [-0.25, -0.2) is 4.98 Å². The maximum atomic E-state index is 13.4. The average Bonchev–Trinajstić information content (AvgIpc) is 3.43. The first-order chi connectivity index (χ1) is 16.4. The first kappa shape index (κ1) is 24.3. The monoisotopic (exact) mass is 513 g/mol. The number of nitrogens with one attached hydrogen (secondary N) is 1. The zero-order valence-electron chi connectivity index (χ0n) is 18.8. The number of fused-ring (bicyclic) bond motifs is 1. The molecule has 0 spiro atoms. The van der Waals surface area contributed by atoms with E-state index in [-0.39, 0.29) is 24.1 Å². The van der Waals surface area contributed by atoms with Crippen LogP contribution in [0, 0.1) is 6.92 Å². The zero-order valence-corrected chi connectivity index (χ0v) is 21.2. The van der Waals surface area contributed by atoms with Crippen molar-refractivity contribution in [3.63, 3.8) is 0 Å². The fraction of sp³-hybridized carbons (Fsp3) is 0.240. The van der Waals surface area contributed by atoms with Gasteiger partial charge in [-0.15, -0.1) is 11.3 Å². The van der Waals surface area contributed by atoms with Crippen LogP contribution >= 0.6 is 34.7 Å². The van der Waals surface area contributed by atoms with E-state index in [9.17, 15) is 9.59 Å². The summed E-state index contributed by atoms with van der Waals surface area (Å²) in [5.74, 6) is 0.279. The van der Waals surface area contributed by atoms with E-state index in [1.165, 1.54) is 4.90 Å². The Kier molecular flexibility index (Phi) is 7.92. The van der Waals surface area contributed by atoms with Crippen LogP contribution in [0.2, 0.25) is 5.02 Å². The summed E-state index contributed by atoms with van der Waals surface area (Å²) < 4.78 is 6.93. The molecule has 0 fully saturated rings. The normalized spacial score (nSPS) is 11.0. The van der Waals surface area contributed by atoms with Crippen molar-refractivity contribution in [2.75, 3.05) is 13.1 Å². The number of hydrogen-bond acceptors (Lipinski definition) is 6. The Bertz CT molecular complexity index is 1300. The number of para-hydroxylation sites is 1. The second kappa shape index (κ2) is 11.1. The number of halogens is 1. The van der Waals surface area contributed by atoms with Crippen LogP contribution in [0.3, 0.4) is 0 Å². The number of carbonyl (C=O) groups excluding carboxylic acids is 2. The van der Waals surface area contributed by atoms with Crippen molar-refractivity contribution in [1.29, 1.82) is 0 Å². The summed E-state index contributed by atoms with van der Waals surface area (Å²) in [5, 5.41) is 6.40. The number of furan rings is 1. The lowest BCUT2D eigenvalue weighted by molar-refractivity contribution is -0.121. The second-order valence-electron chi connectivity index (χ2n) is 7.67. The van der Waals surface area contributed by atoms with Crippen molar-refractivity contribution in [1.82, 2.24) is 15.2 Å². The summed E-state index contributed by atoms with van der Waals surface area (Å²) in [6, 6.07) is 14.9. The van der Waals surface area contributed by atoms with Gasteiger partial charge in [0.15, 0.2) is 5.76 Å². The van der Waals surface area contributed by atoms with Gasteiger partial charge in [0.2, 0.25) is 5.91 Å². The Morgan fingerprint density at radius 1 is 1.18 bits per heavy atom. The Labute approximate surface area is 211 Å². The van der Waals surface area contributed by atoms with Crippen molar-refractivity contribution in [2.24, 2.45) is 0 Å². The van der Waals surface area contributed by atoms with Crippen LogP contribution in [0.4, 0.5) is 0 Å². The van der Waals surface area contributed by atoms with E-state index < -0.39 is 0 Å². The quantitative estimate of drug-likeness (QED) is 0.281. The van der Waals surface area contributed by atoms with Crippen LogP contribution in [-0.4, -0.2) is 34.8 Å². The molecule has 0 radical (unpaired) electrons. The lowest BCUT2D eigenvalue weighted by Crippen LogP contribution is -2.40. The molecule has 0 saturated carbocycles. The van der Waals surface area contributed by atoms with Crippen LogP contribution in [0.25, 0.3) is 11.0 Å². The standard InChI is InChI=1S/C25H24ClN3O3S2/c1-3-29(13-22(30)27-12-17-8-10-18(26)11-9-17)24(31)23-20(15-34-25-28-16(2)14-33-25)19-6-4-5-7-21(19)32-23/h4-11,14H,3,12-13,15H2,1-2H3,(H,27,30). The molecular weight excluding hydrogens is 490 g/mol. The van der Waals surface area contributed by atoms with Gasteiger partial charge in [-0.3, -0.25) is 9.59 Å². The molecule has 1 N–H and O–H groups in total. The van der Waals surface area contributed by atoms with E-state index in [0.717, 1.165) is 26.5 Å². The van der Waals surface area contributed by atoms with E-state index in [0.29, 0.717) is 29.4 Å². The van der Waals surface area contributed by atoms with Gasteiger partial charge in [-0.2, -0.15) is 0 Å². The molecule has 0 aliphatic heterocycles. The lowest BCUT2D eigenvalue weighted by Gasteiger charge is -2.20. The van der Waals surface area contributed by atoms with Crippen LogP contribution < -0.4 is 5.32 Å². The Balaban J connectivity index is 1.49. The van der Waals surface area contributed by atoms with Crippen LogP contribution in [0.15, 0.2) is 62.7 Å². The number of aryl methyl sites for hydroxylation is 1. The van der Waals surface area contributed by atoms with E-state index in [4.69, 9.17) is 16.0 Å². The largest absolute Gasteiger partial charge is 0.451 e. The van der Waals surface area contributed by atoms with Gasteiger partial charge in [0.05, 0.1) is 6.54 Å². The SMILES string of the molecule is CCN(CC(=O)NCc1ccc(Cl)cc1)C(=O)c1oc2ccccc2c1CSc1nc(C)cs1. The van der Waals surface area contributed by atoms with E-state index in [2.05, 4.69) is 10.3 Å². The highest BCUT2D eigenvalue weighted by molar-refractivity contribution is 8.00. The molecule has 2 aromatic heterocycles. The molecule has 0 saturated heterocycles. The van der Waals surface area contributed by atoms with Crippen molar-refractivity contribution in [3.8, 4) is 0 Å². The molecule has 2 amide bonds. The summed E-state index contributed by atoms with van der Waals surface area (Å²) in [4.78, 5) is 32.0. The molecule has 2 heterocycles.